The number of rotatable bonds is 4. The van der Waals surface area contributed by atoms with Crippen LogP contribution in [0.25, 0.3) is 0 Å². The van der Waals surface area contributed by atoms with Crippen molar-refractivity contribution in [2.45, 2.75) is 52.0 Å². The first kappa shape index (κ1) is 16.3. The van der Waals surface area contributed by atoms with Crippen LogP contribution in [0, 0.1) is 11.8 Å². The molecule has 21 heavy (non-hydrogen) atoms. The smallest absolute Gasteiger partial charge is 0.245 e. The Balaban J connectivity index is 1.94. The number of hydrogen-bond acceptors (Lipinski definition) is 3. The van der Waals surface area contributed by atoms with Crippen LogP contribution in [0.2, 0.25) is 0 Å². The van der Waals surface area contributed by atoms with Crippen molar-refractivity contribution in [1.29, 1.82) is 0 Å². The van der Waals surface area contributed by atoms with Gasteiger partial charge in [-0.2, -0.15) is 0 Å². The third-order valence-electron chi connectivity index (χ3n) is 4.53. The number of hydrogen-bond donors (Lipinski definition) is 1. The maximum atomic E-state index is 12.6. The molecule has 5 heteroatoms. The molecule has 2 rings (SSSR count). The first-order valence-electron chi connectivity index (χ1n) is 8.26. The Morgan fingerprint density at radius 1 is 1.10 bits per heavy atom. The highest BCUT2D eigenvalue weighted by Crippen LogP contribution is 2.24. The highest BCUT2D eigenvalue weighted by atomic mass is 16.5. The zero-order chi connectivity index (χ0) is 15.2. The lowest BCUT2D eigenvalue weighted by Gasteiger charge is -2.33. The molecular weight excluding hydrogens is 268 g/mol. The van der Waals surface area contributed by atoms with Gasteiger partial charge < -0.3 is 15.0 Å². The molecule has 2 aliphatic rings. The quantitative estimate of drug-likeness (QED) is 0.856. The standard InChI is InChI=1S/C16H28N2O3/c1-12(2)14(16(20)18-8-10-21-11-9-18)17-15(19)13-6-4-3-5-7-13/h12-14H,3-11H2,1-2H3,(H,17,19)/t14-/m1/s1. The molecule has 0 spiro atoms. The van der Waals surface area contributed by atoms with E-state index in [-0.39, 0.29) is 23.7 Å². The van der Waals surface area contributed by atoms with E-state index in [9.17, 15) is 9.59 Å². The summed E-state index contributed by atoms with van der Waals surface area (Å²) in [7, 11) is 0. The number of morpholine rings is 1. The first-order valence-corrected chi connectivity index (χ1v) is 8.26. The number of ether oxygens (including phenoxy) is 1. The van der Waals surface area contributed by atoms with Gasteiger partial charge in [0.15, 0.2) is 0 Å². The van der Waals surface area contributed by atoms with Crippen LogP contribution in [0.15, 0.2) is 0 Å². The Labute approximate surface area is 127 Å². The molecule has 0 aromatic rings. The molecule has 1 saturated heterocycles. The van der Waals surface area contributed by atoms with Gasteiger partial charge in [0.2, 0.25) is 11.8 Å². The molecule has 1 aliphatic heterocycles. The van der Waals surface area contributed by atoms with Crippen LogP contribution in [0.1, 0.15) is 46.0 Å². The van der Waals surface area contributed by atoms with E-state index in [0.29, 0.717) is 26.3 Å². The van der Waals surface area contributed by atoms with Gasteiger partial charge in [-0.15, -0.1) is 0 Å². The van der Waals surface area contributed by atoms with Crippen LogP contribution in [0.3, 0.4) is 0 Å². The fourth-order valence-electron chi connectivity index (χ4n) is 3.13. The Morgan fingerprint density at radius 2 is 1.71 bits per heavy atom. The average molecular weight is 296 g/mol. The summed E-state index contributed by atoms with van der Waals surface area (Å²) in [6.07, 6.45) is 5.40. The molecule has 0 bridgehead atoms. The second-order valence-electron chi connectivity index (χ2n) is 6.50. The van der Waals surface area contributed by atoms with Gasteiger partial charge in [0.1, 0.15) is 6.04 Å². The predicted octanol–water partition coefficient (Wildman–Crippen LogP) is 1.57. The Bertz CT molecular complexity index is 359. The van der Waals surface area contributed by atoms with E-state index in [1.54, 1.807) is 0 Å². The molecular formula is C16H28N2O3. The normalized spacial score (nSPS) is 22.1. The molecule has 120 valence electrons. The van der Waals surface area contributed by atoms with E-state index in [0.717, 1.165) is 25.7 Å². The minimum absolute atomic E-state index is 0.0393. The van der Waals surface area contributed by atoms with Gasteiger partial charge in [-0.3, -0.25) is 9.59 Å². The third kappa shape index (κ3) is 4.43. The van der Waals surface area contributed by atoms with Crippen LogP contribution in [-0.2, 0) is 14.3 Å². The number of carbonyl (C=O) groups is 2. The van der Waals surface area contributed by atoms with Crippen LogP contribution in [0.5, 0.6) is 0 Å². The summed E-state index contributed by atoms with van der Waals surface area (Å²) in [4.78, 5) is 26.8. The summed E-state index contributed by atoms with van der Waals surface area (Å²) < 4.78 is 5.29. The second kappa shape index (κ2) is 7.78. The van der Waals surface area contributed by atoms with Crippen LogP contribution < -0.4 is 5.32 Å². The average Bonchev–Trinajstić information content (AvgIpc) is 2.53. The summed E-state index contributed by atoms with van der Waals surface area (Å²) in [6.45, 7) is 6.41. The van der Waals surface area contributed by atoms with Gasteiger partial charge in [0.05, 0.1) is 13.2 Å². The number of nitrogens with zero attached hydrogens (tertiary/aromatic N) is 1. The van der Waals surface area contributed by atoms with E-state index in [1.165, 1.54) is 6.42 Å². The minimum atomic E-state index is -0.405. The predicted molar refractivity (Wildman–Crippen MR) is 80.7 cm³/mol. The lowest BCUT2D eigenvalue weighted by atomic mass is 9.88. The fraction of sp³-hybridized carbons (Fsp3) is 0.875. The Morgan fingerprint density at radius 3 is 2.29 bits per heavy atom. The van der Waals surface area contributed by atoms with E-state index in [4.69, 9.17) is 4.74 Å². The maximum Gasteiger partial charge on any atom is 0.245 e. The van der Waals surface area contributed by atoms with E-state index in [1.807, 2.05) is 18.7 Å². The van der Waals surface area contributed by atoms with Gasteiger partial charge in [0.25, 0.3) is 0 Å². The zero-order valence-electron chi connectivity index (χ0n) is 13.3. The summed E-state index contributed by atoms with van der Waals surface area (Å²) in [5.74, 6) is 0.304. The van der Waals surface area contributed by atoms with Crippen molar-refractivity contribution >= 4 is 11.8 Å². The molecule has 0 radical (unpaired) electrons. The molecule has 1 atom stereocenters. The lowest BCUT2D eigenvalue weighted by molar-refractivity contribution is -0.142. The van der Waals surface area contributed by atoms with Crippen molar-refractivity contribution in [3.63, 3.8) is 0 Å². The first-order chi connectivity index (χ1) is 10.1. The monoisotopic (exact) mass is 296 g/mol. The van der Waals surface area contributed by atoms with E-state index < -0.39 is 6.04 Å². The molecule has 1 aliphatic carbocycles. The van der Waals surface area contributed by atoms with E-state index in [2.05, 4.69) is 5.32 Å². The van der Waals surface area contributed by atoms with E-state index >= 15 is 0 Å². The van der Waals surface area contributed by atoms with Gasteiger partial charge in [-0.1, -0.05) is 33.1 Å². The van der Waals surface area contributed by atoms with Crippen molar-refractivity contribution < 1.29 is 14.3 Å². The summed E-state index contributed by atoms with van der Waals surface area (Å²) in [6, 6.07) is -0.405. The molecule has 5 nitrogen and oxygen atoms in total. The highest BCUT2D eigenvalue weighted by molar-refractivity contribution is 5.88. The van der Waals surface area contributed by atoms with Crippen molar-refractivity contribution in [1.82, 2.24) is 10.2 Å². The van der Waals surface area contributed by atoms with Crippen LogP contribution >= 0.6 is 0 Å². The lowest BCUT2D eigenvalue weighted by Crippen LogP contribution is -2.54. The minimum Gasteiger partial charge on any atom is -0.378 e. The Kier molecular flexibility index (Phi) is 6.03. The molecule has 2 fully saturated rings. The SMILES string of the molecule is CC(C)[C@@H](NC(=O)C1CCCCC1)C(=O)N1CCOCC1. The number of nitrogens with one attached hydrogen (secondary N) is 1. The zero-order valence-corrected chi connectivity index (χ0v) is 13.3. The summed E-state index contributed by atoms with van der Waals surface area (Å²) >= 11 is 0. The van der Waals surface area contributed by atoms with Crippen LogP contribution in [-0.4, -0.2) is 49.1 Å². The number of carbonyl (C=O) groups excluding carboxylic acids is 2. The second-order valence-corrected chi connectivity index (χ2v) is 6.50. The molecule has 0 aromatic carbocycles. The van der Waals surface area contributed by atoms with Crippen LogP contribution in [0.4, 0.5) is 0 Å². The van der Waals surface area contributed by atoms with Crippen molar-refractivity contribution in [3.05, 3.63) is 0 Å². The van der Waals surface area contributed by atoms with Crippen molar-refractivity contribution in [2.75, 3.05) is 26.3 Å². The van der Waals surface area contributed by atoms with Gasteiger partial charge in [-0.25, -0.2) is 0 Å². The number of amides is 2. The van der Waals surface area contributed by atoms with Crippen molar-refractivity contribution in [3.8, 4) is 0 Å². The molecule has 1 N–H and O–H groups in total. The molecule has 1 saturated carbocycles. The molecule has 1 heterocycles. The highest BCUT2D eigenvalue weighted by Gasteiger charge is 2.31. The molecule has 2 amide bonds. The molecule has 0 aromatic heterocycles. The maximum absolute atomic E-state index is 12.6. The van der Waals surface area contributed by atoms with Gasteiger partial charge in [0, 0.05) is 19.0 Å². The third-order valence-corrected chi connectivity index (χ3v) is 4.53. The van der Waals surface area contributed by atoms with Gasteiger partial charge in [-0.05, 0) is 18.8 Å². The van der Waals surface area contributed by atoms with Gasteiger partial charge >= 0.3 is 0 Å². The molecule has 0 unspecified atom stereocenters. The topological polar surface area (TPSA) is 58.6 Å². The summed E-state index contributed by atoms with van der Waals surface area (Å²) in [5.41, 5.74) is 0. The largest absolute Gasteiger partial charge is 0.378 e. The fourth-order valence-corrected chi connectivity index (χ4v) is 3.13. The summed E-state index contributed by atoms with van der Waals surface area (Å²) in [5, 5.41) is 3.01. The Hall–Kier alpha value is -1.10. The van der Waals surface area contributed by atoms with Crippen molar-refractivity contribution in [2.24, 2.45) is 11.8 Å².